The first-order valence-corrected chi connectivity index (χ1v) is 8.99. The van der Waals surface area contributed by atoms with E-state index in [1.165, 1.54) is 23.9 Å². The molecule has 0 saturated carbocycles. The molecule has 0 N–H and O–H groups in total. The SMILES string of the molecule is COc1ccc(F)cc1CSc1nnc(-c2ccco2)n1CC(C)C. The molecule has 5 nitrogen and oxygen atoms in total. The Morgan fingerprint density at radius 3 is 2.80 bits per heavy atom. The first-order chi connectivity index (χ1) is 12.1. The predicted octanol–water partition coefficient (Wildman–Crippen LogP) is 4.63. The van der Waals surface area contributed by atoms with Crippen LogP contribution in [0.4, 0.5) is 4.39 Å². The van der Waals surface area contributed by atoms with Crippen LogP contribution in [0.25, 0.3) is 11.6 Å². The minimum Gasteiger partial charge on any atom is -0.496 e. The van der Waals surface area contributed by atoms with E-state index < -0.39 is 0 Å². The van der Waals surface area contributed by atoms with Crippen LogP contribution in [0, 0.1) is 11.7 Å². The zero-order chi connectivity index (χ0) is 17.8. The molecule has 0 atom stereocenters. The molecule has 0 fully saturated rings. The first-order valence-electron chi connectivity index (χ1n) is 8.00. The minimum absolute atomic E-state index is 0.281. The van der Waals surface area contributed by atoms with Crippen molar-refractivity contribution in [1.29, 1.82) is 0 Å². The van der Waals surface area contributed by atoms with Gasteiger partial charge in [-0.15, -0.1) is 10.2 Å². The van der Waals surface area contributed by atoms with E-state index in [0.717, 1.165) is 17.3 Å². The van der Waals surface area contributed by atoms with E-state index >= 15 is 0 Å². The zero-order valence-electron chi connectivity index (χ0n) is 14.4. The fourth-order valence-electron chi connectivity index (χ4n) is 2.52. The topological polar surface area (TPSA) is 53.1 Å². The Morgan fingerprint density at radius 1 is 1.28 bits per heavy atom. The summed E-state index contributed by atoms with van der Waals surface area (Å²) in [6, 6.07) is 8.21. The quantitative estimate of drug-likeness (QED) is 0.574. The maximum absolute atomic E-state index is 13.5. The monoisotopic (exact) mass is 361 g/mol. The molecule has 0 aliphatic rings. The van der Waals surface area contributed by atoms with Crippen molar-refractivity contribution in [3.05, 3.63) is 48.0 Å². The van der Waals surface area contributed by atoms with Crippen molar-refractivity contribution in [1.82, 2.24) is 14.8 Å². The van der Waals surface area contributed by atoms with Gasteiger partial charge < -0.3 is 9.15 Å². The highest BCUT2D eigenvalue weighted by Crippen LogP contribution is 2.30. The smallest absolute Gasteiger partial charge is 0.200 e. The number of halogens is 1. The number of benzene rings is 1. The molecular formula is C18H20FN3O2S. The Balaban J connectivity index is 1.86. The van der Waals surface area contributed by atoms with Gasteiger partial charge in [-0.3, -0.25) is 4.57 Å². The molecule has 0 aliphatic heterocycles. The molecule has 2 aromatic heterocycles. The Bertz CT molecular complexity index is 831. The van der Waals surface area contributed by atoms with E-state index in [1.54, 1.807) is 19.4 Å². The normalized spacial score (nSPS) is 11.2. The molecule has 0 aliphatic carbocycles. The number of nitrogens with zero attached hydrogens (tertiary/aromatic N) is 3. The number of hydrogen-bond acceptors (Lipinski definition) is 5. The van der Waals surface area contributed by atoms with Gasteiger partial charge in [0.05, 0.1) is 13.4 Å². The molecule has 0 radical (unpaired) electrons. The summed E-state index contributed by atoms with van der Waals surface area (Å²) < 4.78 is 26.4. The third-order valence-electron chi connectivity index (χ3n) is 3.61. The van der Waals surface area contributed by atoms with Gasteiger partial charge >= 0.3 is 0 Å². The van der Waals surface area contributed by atoms with Crippen molar-refractivity contribution in [2.45, 2.75) is 31.3 Å². The summed E-state index contributed by atoms with van der Waals surface area (Å²) in [7, 11) is 1.58. The molecule has 25 heavy (non-hydrogen) atoms. The van der Waals surface area contributed by atoms with E-state index in [-0.39, 0.29) is 5.82 Å². The van der Waals surface area contributed by atoms with Gasteiger partial charge in [-0.05, 0) is 36.2 Å². The highest BCUT2D eigenvalue weighted by Gasteiger charge is 2.18. The van der Waals surface area contributed by atoms with Crippen molar-refractivity contribution in [3.8, 4) is 17.3 Å². The first kappa shape index (κ1) is 17.5. The second kappa shape index (κ2) is 7.74. The summed E-state index contributed by atoms with van der Waals surface area (Å²) in [4.78, 5) is 0. The van der Waals surface area contributed by atoms with Crippen LogP contribution in [-0.2, 0) is 12.3 Å². The molecule has 7 heteroatoms. The number of ether oxygens (including phenoxy) is 1. The van der Waals surface area contributed by atoms with Crippen LogP contribution in [0.15, 0.2) is 46.2 Å². The summed E-state index contributed by atoms with van der Waals surface area (Å²) >= 11 is 1.50. The van der Waals surface area contributed by atoms with Crippen LogP contribution in [0.2, 0.25) is 0 Å². The number of hydrogen-bond donors (Lipinski definition) is 0. The molecule has 0 bridgehead atoms. The third kappa shape index (κ3) is 4.04. The molecule has 0 amide bonds. The van der Waals surface area contributed by atoms with Crippen LogP contribution >= 0.6 is 11.8 Å². The Morgan fingerprint density at radius 2 is 2.12 bits per heavy atom. The highest BCUT2D eigenvalue weighted by atomic mass is 32.2. The molecule has 1 aromatic carbocycles. The summed E-state index contributed by atoms with van der Waals surface area (Å²) in [5, 5.41) is 9.35. The highest BCUT2D eigenvalue weighted by molar-refractivity contribution is 7.98. The fraction of sp³-hybridized carbons (Fsp3) is 0.333. The van der Waals surface area contributed by atoms with Crippen molar-refractivity contribution in [2.75, 3.05) is 7.11 Å². The molecule has 0 spiro atoms. The van der Waals surface area contributed by atoms with E-state index in [2.05, 4.69) is 24.0 Å². The van der Waals surface area contributed by atoms with Crippen molar-refractivity contribution >= 4 is 11.8 Å². The van der Waals surface area contributed by atoms with Gasteiger partial charge in [0.2, 0.25) is 0 Å². The maximum Gasteiger partial charge on any atom is 0.200 e. The average molecular weight is 361 g/mol. The predicted molar refractivity (Wildman–Crippen MR) is 95.1 cm³/mol. The van der Waals surface area contributed by atoms with E-state index in [0.29, 0.717) is 29.0 Å². The second-order valence-corrected chi connectivity index (χ2v) is 6.98. The molecule has 0 saturated heterocycles. The van der Waals surface area contributed by atoms with Gasteiger partial charge in [0.15, 0.2) is 16.7 Å². The van der Waals surface area contributed by atoms with E-state index in [9.17, 15) is 4.39 Å². The average Bonchev–Trinajstić information content (AvgIpc) is 3.22. The van der Waals surface area contributed by atoms with Crippen LogP contribution in [0.5, 0.6) is 5.75 Å². The summed E-state index contributed by atoms with van der Waals surface area (Å²) in [5.74, 6) is 2.73. The molecule has 3 rings (SSSR count). The van der Waals surface area contributed by atoms with Gasteiger partial charge in [0.25, 0.3) is 0 Å². The fourth-order valence-corrected chi connectivity index (χ4v) is 3.44. The lowest BCUT2D eigenvalue weighted by atomic mass is 10.2. The van der Waals surface area contributed by atoms with Crippen molar-refractivity contribution in [2.24, 2.45) is 5.92 Å². The molecular weight excluding hydrogens is 341 g/mol. The minimum atomic E-state index is -0.281. The van der Waals surface area contributed by atoms with Gasteiger partial charge in [0.1, 0.15) is 11.6 Å². The summed E-state index contributed by atoms with van der Waals surface area (Å²) in [6.07, 6.45) is 1.62. The van der Waals surface area contributed by atoms with Gasteiger partial charge in [-0.25, -0.2) is 4.39 Å². The zero-order valence-corrected chi connectivity index (χ0v) is 15.2. The van der Waals surface area contributed by atoms with Crippen LogP contribution in [0.1, 0.15) is 19.4 Å². The third-order valence-corrected chi connectivity index (χ3v) is 4.62. The van der Waals surface area contributed by atoms with Gasteiger partial charge in [0, 0.05) is 17.9 Å². The van der Waals surface area contributed by atoms with Gasteiger partial charge in [-0.2, -0.15) is 0 Å². The Hall–Kier alpha value is -2.28. The number of furan rings is 1. The molecule has 3 aromatic rings. The van der Waals surface area contributed by atoms with Crippen LogP contribution in [-0.4, -0.2) is 21.9 Å². The van der Waals surface area contributed by atoms with Crippen molar-refractivity contribution in [3.63, 3.8) is 0 Å². The van der Waals surface area contributed by atoms with E-state index in [1.807, 2.05) is 16.7 Å². The molecule has 2 heterocycles. The van der Waals surface area contributed by atoms with Crippen LogP contribution < -0.4 is 4.74 Å². The number of aromatic nitrogens is 3. The summed E-state index contributed by atoms with van der Waals surface area (Å²) in [5.41, 5.74) is 0.783. The lowest BCUT2D eigenvalue weighted by Gasteiger charge is -2.12. The Labute approximate surface area is 150 Å². The maximum atomic E-state index is 13.5. The van der Waals surface area contributed by atoms with Gasteiger partial charge in [-0.1, -0.05) is 25.6 Å². The second-order valence-electron chi connectivity index (χ2n) is 6.03. The number of methoxy groups -OCH3 is 1. The number of rotatable bonds is 7. The number of thioether (sulfide) groups is 1. The lowest BCUT2D eigenvalue weighted by Crippen LogP contribution is -2.07. The largest absolute Gasteiger partial charge is 0.496 e. The molecule has 132 valence electrons. The van der Waals surface area contributed by atoms with Crippen LogP contribution in [0.3, 0.4) is 0 Å². The summed E-state index contributed by atoms with van der Waals surface area (Å²) in [6.45, 7) is 5.04. The standard InChI is InChI=1S/C18H20FN3O2S/c1-12(2)10-22-17(16-5-4-8-24-16)20-21-18(22)25-11-13-9-14(19)6-7-15(13)23-3/h4-9,12H,10-11H2,1-3H3. The lowest BCUT2D eigenvalue weighted by molar-refractivity contribution is 0.410. The Kier molecular flexibility index (Phi) is 5.43. The molecule has 0 unspecified atom stereocenters. The van der Waals surface area contributed by atoms with Crippen molar-refractivity contribution < 1.29 is 13.5 Å². The van der Waals surface area contributed by atoms with E-state index in [4.69, 9.17) is 9.15 Å².